The second-order valence-electron chi connectivity index (χ2n) is 5.60. The molecule has 1 N–H and O–H groups in total. The van der Waals surface area contributed by atoms with Crippen molar-refractivity contribution in [3.8, 4) is 5.75 Å². The van der Waals surface area contributed by atoms with E-state index in [1.165, 1.54) is 6.07 Å². The molecular weight excluding hydrogens is 374 g/mol. The fourth-order valence-electron chi connectivity index (χ4n) is 2.28. The number of hydrogen-bond donors (Lipinski definition) is 1. The summed E-state index contributed by atoms with van der Waals surface area (Å²) in [4.78, 5) is 11.3. The zero-order valence-corrected chi connectivity index (χ0v) is 14.0. The molecule has 7 nitrogen and oxygen atoms in total. The van der Waals surface area contributed by atoms with Gasteiger partial charge in [0.2, 0.25) is 0 Å². The fourth-order valence-corrected chi connectivity index (χ4v) is 2.55. The zero-order valence-electron chi connectivity index (χ0n) is 13.2. The lowest BCUT2D eigenvalue weighted by Gasteiger charge is -2.14. The van der Waals surface area contributed by atoms with Crippen LogP contribution in [0.25, 0.3) is 10.8 Å². The Hall–Kier alpha value is -2.30. The highest BCUT2D eigenvalue weighted by molar-refractivity contribution is 7.87. The number of fused-ring (bicyclic) bond motifs is 1. The lowest BCUT2D eigenvalue weighted by Crippen LogP contribution is -2.38. The van der Waals surface area contributed by atoms with Gasteiger partial charge in [-0.05, 0) is 17.0 Å². The Morgan fingerprint density at radius 1 is 1.23 bits per heavy atom. The van der Waals surface area contributed by atoms with Crippen LogP contribution < -0.4 is 4.74 Å². The molecule has 3 rings (SSSR count). The average Bonchev–Trinajstić information content (AvgIpc) is 3.41. The number of alkyl halides is 2. The maximum Gasteiger partial charge on any atom is 0.465 e. The van der Waals surface area contributed by atoms with Crippen molar-refractivity contribution in [3.63, 3.8) is 0 Å². The number of carbonyl (C=O) groups is 1. The van der Waals surface area contributed by atoms with Gasteiger partial charge in [-0.2, -0.15) is 17.2 Å². The molecule has 0 bridgehead atoms. The van der Waals surface area contributed by atoms with E-state index in [-0.39, 0.29) is 6.10 Å². The van der Waals surface area contributed by atoms with Gasteiger partial charge >= 0.3 is 21.3 Å². The number of rotatable bonds is 7. The number of hydrogen-bond acceptors (Lipinski definition) is 6. The van der Waals surface area contributed by atoms with Crippen molar-refractivity contribution < 1.29 is 40.8 Å². The van der Waals surface area contributed by atoms with Gasteiger partial charge in [0.25, 0.3) is 0 Å². The Kier molecular flexibility index (Phi) is 4.82. The van der Waals surface area contributed by atoms with Crippen molar-refractivity contribution in [3.05, 3.63) is 42.0 Å². The van der Waals surface area contributed by atoms with Crippen molar-refractivity contribution in [2.45, 2.75) is 18.0 Å². The molecule has 1 aliphatic rings. The lowest BCUT2D eigenvalue weighted by molar-refractivity contribution is -0.162. The van der Waals surface area contributed by atoms with Crippen LogP contribution >= 0.6 is 0 Å². The maximum absolute atomic E-state index is 13.2. The van der Waals surface area contributed by atoms with Crippen molar-refractivity contribution in [2.24, 2.45) is 0 Å². The first-order chi connectivity index (χ1) is 12.2. The topological polar surface area (TPSA) is 102 Å². The third-order valence-electron chi connectivity index (χ3n) is 3.72. The first kappa shape index (κ1) is 18.5. The highest BCUT2D eigenvalue weighted by atomic mass is 32.2. The molecule has 26 heavy (non-hydrogen) atoms. The van der Waals surface area contributed by atoms with Gasteiger partial charge in [0.1, 0.15) is 25.1 Å². The molecule has 0 radical (unpaired) electrons. The van der Waals surface area contributed by atoms with Crippen LogP contribution in [0.5, 0.6) is 5.75 Å². The fraction of sp³-hybridized carbons (Fsp3) is 0.312. The van der Waals surface area contributed by atoms with Crippen LogP contribution in [0.15, 0.2) is 36.4 Å². The summed E-state index contributed by atoms with van der Waals surface area (Å²) in [5.74, 6) is -1.80. The molecule has 2 aromatic carbocycles. The van der Waals surface area contributed by atoms with E-state index in [1.807, 2.05) is 0 Å². The highest BCUT2D eigenvalue weighted by Crippen LogP contribution is 2.30. The summed E-state index contributed by atoms with van der Waals surface area (Å²) in [7, 11) is -5.90. The first-order valence-electron chi connectivity index (χ1n) is 7.47. The van der Waals surface area contributed by atoms with E-state index >= 15 is 0 Å². The van der Waals surface area contributed by atoms with Crippen molar-refractivity contribution in [1.29, 1.82) is 0 Å². The van der Waals surface area contributed by atoms with E-state index in [0.29, 0.717) is 35.3 Å². The highest BCUT2D eigenvalue weighted by Gasteiger charge is 2.54. The second kappa shape index (κ2) is 6.78. The summed E-state index contributed by atoms with van der Waals surface area (Å²) in [5, 5.41) is -3.77. The Labute approximate surface area is 147 Å². The largest absolute Gasteiger partial charge is 0.490 e. The molecule has 10 heteroatoms. The normalized spacial score (nSPS) is 17.1. The van der Waals surface area contributed by atoms with Gasteiger partial charge < -0.3 is 14.2 Å². The molecule has 1 saturated heterocycles. The molecular formula is C16H14F2O7S. The maximum atomic E-state index is 13.2. The van der Waals surface area contributed by atoms with Crippen molar-refractivity contribution in [2.75, 3.05) is 13.2 Å². The Morgan fingerprint density at radius 2 is 1.88 bits per heavy atom. The summed E-state index contributed by atoms with van der Waals surface area (Å²) >= 11 is 0. The summed E-state index contributed by atoms with van der Waals surface area (Å²) < 4.78 is 71.2. The van der Waals surface area contributed by atoms with Crippen molar-refractivity contribution >= 4 is 26.9 Å². The Morgan fingerprint density at radius 3 is 2.54 bits per heavy atom. The predicted octanol–water partition coefficient (Wildman–Crippen LogP) is 2.14. The minimum absolute atomic E-state index is 0.0528. The smallest absolute Gasteiger partial charge is 0.465 e. The summed E-state index contributed by atoms with van der Waals surface area (Å²) in [6.07, 6.45) is 0.0528. The number of ether oxygens (including phenoxy) is 3. The zero-order chi connectivity index (χ0) is 18.9. The number of halogens is 2. The number of carbonyl (C=O) groups excluding carboxylic acids is 1. The molecule has 0 aromatic heterocycles. The lowest BCUT2D eigenvalue weighted by atomic mass is 10.0. The van der Waals surface area contributed by atoms with E-state index in [1.54, 1.807) is 30.3 Å². The van der Waals surface area contributed by atoms with Gasteiger partial charge in [-0.25, -0.2) is 4.79 Å². The number of epoxide rings is 1. The molecule has 0 aliphatic carbocycles. The van der Waals surface area contributed by atoms with E-state index < -0.39 is 27.9 Å². The minimum atomic E-state index is -5.90. The van der Waals surface area contributed by atoms with E-state index in [2.05, 4.69) is 4.74 Å². The van der Waals surface area contributed by atoms with Crippen LogP contribution in [-0.4, -0.2) is 43.5 Å². The Balaban J connectivity index is 1.80. The monoisotopic (exact) mass is 388 g/mol. The number of benzene rings is 2. The van der Waals surface area contributed by atoms with Crippen LogP contribution in [0.4, 0.5) is 8.78 Å². The summed E-state index contributed by atoms with van der Waals surface area (Å²) in [6, 6.07) is 9.99. The standard InChI is InChI=1S/C16H14F2O7S/c17-16(18,26(20,21)22)15(19)25-7-10-3-1-5-13-12(10)4-2-6-14(13)24-9-11-8-23-11/h1-6,11H,7-9H2,(H,20,21,22). The third-order valence-corrected chi connectivity index (χ3v) is 4.53. The minimum Gasteiger partial charge on any atom is -0.490 e. The third kappa shape index (κ3) is 3.76. The number of esters is 1. The second-order valence-corrected chi connectivity index (χ2v) is 7.07. The molecule has 1 unspecified atom stereocenters. The molecule has 0 amide bonds. The molecule has 1 fully saturated rings. The van der Waals surface area contributed by atoms with Crippen LogP contribution in [-0.2, 0) is 31.0 Å². The van der Waals surface area contributed by atoms with Gasteiger partial charge in [-0.15, -0.1) is 0 Å². The molecule has 0 spiro atoms. The predicted molar refractivity (Wildman–Crippen MR) is 85.5 cm³/mol. The molecule has 2 aromatic rings. The average molecular weight is 388 g/mol. The van der Waals surface area contributed by atoms with Crippen LogP contribution in [0.2, 0.25) is 0 Å². The first-order valence-corrected chi connectivity index (χ1v) is 8.91. The Bertz CT molecular complexity index is 939. The van der Waals surface area contributed by atoms with Crippen LogP contribution in [0, 0.1) is 0 Å². The molecule has 1 heterocycles. The van der Waals surface area contributed by atoms with Gasteiger partial charge in [-0.1, -0.05) is 30.3 Å². The molecule has 1 aliphatic heterocycles. The van der Waals surface area contributed by atoms with Crippen LogP contribution in [0.3, 0.4) is 0 Å². The van der Waals surface area contributed by atoms with E-state index in [0.717, 1.165) is 0 Å². The molecule has 0 saturated carbocycles. The van der Waals surface area contributed by atoms with Crippen LogP contribution in [0.1, 0.15) is 5.56 Å². The molecule has 1 atom stereocenters. The van der Waals surface area contributed by atoms with Gasteiger partial charge in [0, 0.05) is 5.39 Å². The summed E-state index contributed by atoms with van der Waals surface area (Å²) in [5.41, 5.74) is 0.370. The SMILES string of the molecule is O=C(OCc1cccc2c(OCC3CO3)cccc12)C(F)(F)S(=O)(=O)O. The quantitative estimate of drug-likeness (QED) is 0.440. The molecule has 140 valence electrons. The summed E-state index contributed by atoms with van der Waals surface area (Å²) in [6.45, 7) is 0.406. The van der Waals surface area contributed by atoms with Crippen molar-refractivity contribution in [1.82, 2.24) is 0 Å². The van der Waals surface area contributed by atoms with Gasteiger partial charge in [-0.3, -0.25) is 4.55 Å². The van der Waals surface area contributed by atoms with Gasteiger partial charge in [0.15, 0.2) is 0 Å². The van der Waals surface area contributed by atoms with E-state index in [4.69, 9.17) is 14.0 Å². The van der Waals surface area contributed by atoms with Gasteiger partial charge in [0.05, 0.1) is 6.61 Å². The van der Waals surface area contributed by atoms with E-state index in [9.17, 15) is 22.0 Å².